The van der Waals surface area contributed by atoms with Crippen molar-refractivity contribution in [3.63, 3.8) is 0 Å². The minimum atomic E-state index is -4.81. The van der Waals surface area contributed by atoms with Crippen LogP contribution in [0.1, 0.15) is 133 Å². The van der Waals surface area contributed by atoms with Gasteiger partial charge in [-0.1, -0.05) is 54.6 Å². The highest BCUT2D eigenvalue weighted by Gasteiger charge is 2.60. The third kappa shape index (κ3) is 23.4. The fourth-order valence-electron chi connectivity index (χ4n) is 10.8. The second kappa shape index (κ2) is 37.5. The van der Waals surface area contributed by atoms with E-state index in [4.69, 9.17) is 66.5 Å². The largest absolute Gasteiger partial charge is 0.462 e. The molecule has 21 atom stereocenters. The van der Waals surface area contributed by atoms with Gasteiger partial charge in [0.15, 0.2) is 24.4 Å². The highest BCUT2D eigenvalue weighted by molar-refractivity contribution is 7.52. The highest BCUT2D eigenvalue weighted by Crippen LogP contribution is 2.53. The van der Waals surface area contributed by atoms with Crippen LogP contribution in [0.25, 0.3) is 0 Å². The first-order chi connectivity index (χ1) is 54.9. The molecular weight excluding hydrogens is 1530 g/mol. The number of hydrogen-bond donors (Lipinski definition) is 11. The third-order valence-corrected chi connectivity index (χ3v) is 21.3. The van der Waals surface area contributed by atoms with Gasteiger partial charge in [-0.25, -0.2) is 32.5 Å². The van der Waals surface area contributed by atoms with E-state index in [1.165, 1.54) is 76.2 Å². The summed E-state index contributed by atoms with van der Waals surface area (Å²) in [6.07, 6.45) is -21.4. The Hall–Kier alpha value is -8.43. The number of ether oxygens (including phenoxy) is 6. The molecule has 3 aliphatic rings. The molecule has 0 radical (unpaired) electrons. The van der Waals surface area contributed by atoms with E-state index in [0.717, 1.165) is 50.0 Å². The van der Waals surface area contributed by atoms with Crippen LogP contribution < -0.4 is 62.6 Å². The zero-order valence-electron chi connectivity index (χ0n) is 70.0. The summed E-state index contributed by atoms with van der Waals surface area (Å²) in [5, 5.41) is 62.0. The Balaban J connectivity index is 0.000000246. The molecule has 9 rings (SSSR count). The monoisotopic (exact) mass is 1630 g/mol. The standard InChI is InChI=1S/C23H31FN3O9P.2C23H32N3O10P/c1-13(2)33-20(30)14(3)26-37(32,36-16-9-7-6-8-10-16)35-15(4)18-19(29)23(5,24)21(34-18)27-12-11-17(28)25-22(27)31;2*1-13(2)33-20(29)14(3)25-37(32,36-16-9-7-6-8-10-16)35-15(4)18-19(28)23(5,31)21(34-18)26-12-11-17(27)24-22(26)30/h6-15,18-19,21,29H,1-5H3,(H,26,32)(H,25,28,31);2*6-15,18-19,21,28,31H,1-5H3,(H,25,32)(H,24,27,30)/t3*14-,15?,18+,19+,21+,23+,37-/m000/s1/i11D;4D3,11D;4D3. The average molecular weight is 1630 g/mol. The molecule has 3 aromatic heterocycles. The number of benzene rings is 3. The van der Waals surface area contributed by atoms with E-state index >= 15 is 4.39 Å². The number of carbonyl (C=O) groups excluding carboxylic acids is 3. The number of para-hydroxylation sites is 3. The third-order valence-electron chi connectivity index (χ3n) is 16.2. The van der Waals surface area contributed by atoms with Crippen molar-refractivity contribution >= 4 is 41.1 Å². The van der Waals surface area contributed by atoms with Crippen LogP contribution in [-0.2, 0) is 70.1 Å². The molecule has 6 aromatic rings. The predicted octanol–water partition coefficient (Wildman–Crippen LogP) is 4.18. The van der Waals surface area contributed by atoms with Gasteiger partial charge >= 0.3 is 58.2 Å². The van der Waals surface area contributed by atoms with Gasteiger partial charge in [-0.15, -0.1) is 0 Å². The maximum absolute atomic E-state index is 15.7. The second-order valence-corrected chi connectivity index (χ2v) is 31.7. The van der Waals surface area contributed by atoms with Crippen molar-refractivity contribution in [3.05, 3.63) is 190 Å². The lowest BCUT2D eigenvalue weighted by molar-refractivity contribution is -0.150. The first-order valence-electron chi connectivity index (χ1n) is 38.1. The van der Waals surface area contributed by atoms with E-state index in [-0.39, 0.29) is 17.2 Å². The fraction of sp³-hybridized carbons (Fsp3) is 0.522. The summed E-state index contributed by atoms with van der Waals surface area (Å²) in [5.41, 5.74) is -13.2. The summed E-state index contributed by atoms with van der Waals surface area (Å²) >= 11 is 0. The highest BCUT2D eigenvalue weighted by atomic mass is 31.2. The summed E-state index contributed by atoms with van der Waals surface area (Å²) in [4.78, 5) is 115. The summed E-state index contributed by atoms with van der Waals surface area (Å²) in [7, 11) is -14.0. The number of aliphatic hydroxyl groups excluding tert-OH is 3. The molecule has 0 amide bonds. The number of rotatable bonds is 30. The second-order valence-electron chi connectivity index (χ2n) is 26.8. The van der Waals surface area contributed by atoms with E-state index in [1.807, 2.05) is 15.0 Å². The van der Waals surface area contributed by atoms with Crippen molar-refractivity contribution in [2.24, 2.45) is 0 Å². The molecule has 0 saturated carbocycles. The molecule has 0 spiro atoms. The Morgan fingerprint density at radius 3 is 1.08 bits per heavy atom. The number of nitrogens with zero attached hydrogens (tertiary/aromatic N) is 3. The van der Waals surface area contributed by atoms with Gasteiger partial charge in [0.1, 0.15) is 83.2 Å². The van der Waals surface area contributed by atoms with E-state index in [0.29, 0.717) is 9.13 Å². The van der Waals surface area contributed by atoms with Gasteiger partial charge in [0.2, 0.25) is 0 Å². The van der Waals surface area contributed by atoms with Crippen molar-refractivity contribution in [2.45, 2.75) is 231 Å². The normalized spacial score (nSPS) is 28.1. The Kier molecular flexibility index (Phi) is 26.3. The van der Waals surface area contributed by atoms with Gasteiger partial charge in [0.05, 0.1) is 39.4 Å². The molecule has 3 fully saturated rings. The summed E-state index contributed by atoms with van der Waals surface area (Å²) < 4.78 is 189. The number of alkyl halides is 1. The quantitative estimate of drug-likeness (QED) is 0.0171. The van der Waals surface area contributed by atoms with Crippen molar-refractivity contribution in [1.82, 2.24) is 43.9 Å². The molecule has 11 N–H and O–H groups in total. The molecule has 42 heteroatoms. The smallest absolute Gasteiger partial charge is 0.459 e. The Bertz CT molecular complexity index is 5030. The SMILES string of the molecule is [2H]C([2H])([2H])C(O[P@@](=O)(N[C@@H](C)C(=O)OC(C)C)Oc1ccccc1)[C@H]1O[C@@H](n2ccc(=O)[nH]c2=O)[C@](C)(O)[C@@H]1O.[2H]c1cn([C@@H]2O[C@H](C(C)O[P@@](=O)(N[C@@H](C)C(=O)OC(C)C)Oc3ccccc3)[C@@H](O)[C@@]2(C)F)c(=O)[nH]c1=O.[2H]c1cn([C@@H]2O[C@H](C(O[P@@](=O)(N[C@@H](C)C(=O)OC(C)C)Oc3ccccc3)C([2H])([2H])[2H])[C@@H](O)[C@@]2(C)O)c(=O)[nH]c1=O. The lowest BCUT2D eigenvalue weighted by atomic mass is 9.94. The maximum atomic E-state index is 15.7. The Labute approximate surface area is 645 Å². The molecule has 38 nitrogen and oxygen atoms in total. The maximum Gasteiger partial charge on any atom is 0.459 e. The molecule has 3 saturated heterocycles. The van der Waals surface area contributed by atoms with Crippen molar-refractivity contribution in [1.29, 1.82) is 0 Å². The number of H-pyrrole nitrogens is 3. The molecule has 3 unspecified atom stereocenters. The molecule has 0 aliphatic carbocycles. The van der Waals surface area contributed by atoms with E-state index < -0.39 is 228 Å². The molecular formula is C69H95FN9O29P3. The zero-order chi connectivity index (χ0) is 89.4. The Morgan fingerprint density at radius 2 is 0.757 bits per heavy atom. The van der Waals surface area contributed by atoms with Crippen LogP contribution in [-0.4, -0.2) is 180 Å². The number of esters is 3. The average Bonchev–Trinajstić information content (AvgIpc) is 1.60. The van der Waals surface area contributed by atoms with Gasteiger partial charge in [-0.3, -0.25) is 71.0 Å². The number of carbonyl (C=O) groups is 3. The number of halogens is 1. The lowest BCUT2D eigenvalue weighted by Gasteiger charge is -2.29. The van der Waals surface area contributed by atoms with Crippen LogP contribution in [0, 0.1) is 0 Å². The summed E-state index contributed by atoms with van der Waals surface area (Å²) in [6.45, 7) is 11.7. The van der Waals surface area contributed by atoms with Crippen LogP contribution in [0.4, 0.5) is 4.39 Å². The van der Waals surface area contributed by atoms with Crippen LogP contribution in [0.2, 0.25) is 0 Å². The molecule has 612 valence electrons. The molecule has 3 aliphatic heterocycles. The van der Waals surface area contributed by atoms with E-state index in [9.17, 15) is 82.4 Å². The number of nitrogens with one attached hydrogen (secondary N) is 6. The van der Waals surface area contributed by atoms with Gasteiger partial charge in [0.25, 0.3) is 16.7 Å². The lowest BCUT2D eigenvalue weighted by Crippen LogP contribution is -2.48. The zero-order valence-corrected chi connectivity index (χ0v) is 64.6. The summed E-state index contributed by atoms with van der Waals surface area (Å²) in [5.74, 6) is -2.33. The molecule has 6 heterocycles. The van der Waals surface area contributed by atoms with Gasteiger partial charge in [-0.05, 0) is 140 Å². The molecule has 3 aromatic carbocycles. The van der Waals surface area contributed by atoms with Crippen LogP contribution in [0.3, 0.4) is 0 Å². The summed E-state index contributed by atoms with van der Waals surface area (Å²) in [6, 6.07) is 18.8. The van der Waals surface area contributed by atoms with E-state index in [1.54, 1.807) is 84.0 Å². The number of aromatic amines is 3. The van der Waals surface area contributed by atoms with Crippen molar-refractivity contribution in [2.75, 3.05) is 0 Å². The van der Waals surface area contributed by atoms with Crippen LogP contribution in [0.15, 0.2) is 157 Å². The molecule has 0 bridgehead atoms. The minimum absolute atomic E-state index is 0.00962. The van der Waals surface area contributed by atoms with E-state index in [2.05, 4.69) is 15.3 Å². The predicted molar refractivity (Wildman–Crippen MR) is 392 cm³/mol. The van der Waals surface area contributed by atoms with Crippen molar-refractivity contribution < 1.29 is 125 Å². The topological polar surface area (TPSA) is 515 Å². The number of aliphatic hydroxyl groups is 5. The van der Waals surface area contributed by atoms with Gasteiger partial charge in [0, 0.05) is 45.0 Å². The van der Waals surface area contributed by atoms with Gasteiger partial charge in [-0.2, -0.15) is 15.3 Å². The molecule has 111 heavy (non-hydrogen) atoms. The number of aromatic nitrogens is 6. The fourth-order valence-corrected chi connectivity index (χ4v) is 15.6. The Morgan fingerprint density at radius 1 is 0.468 bits per heavy atom. The van der Waals surface area contributed by atoms with Gasteiger partial charge < -0.3 is 67.5 Å². The minimum Gasteiger partial charge on any atom is -0.462 e. The number of hydrogen-bond acceptors (Lipinski definition) is 29. The first kappa shape index (κ1) is 77.9. The van der Waals surface area contributed by atoms with Crippen molar-refractivity contribution in [3.8, 4) is 17.2 Å². The first-order valence-corrected chi connectivity index (χ1v) is 38.7. The van der Waals surface area contributed by atoms with Crippen LogP contribution >= 0.6 is 23.2 Å². The van der Waals surface area contributed by atoms with Crippen LogP contribution in [0.5, 0.6) is 17.2 Å².